The van der Waals surface area contributed by atoms with E-state index in [-0.39, 0.29) is 23.6 Å². The Labute approximate surface area is 179 Å². The topological polar surface area (TPSA) is 111 Å². The quantitative estimate of drug-likeness (QED) is 0.563. The Morgan fingerprint density at radius 1 is 1.13 bits per heavy atom. The summed E-state index contributed by atoms with van der Waals surface area (Å²) in [5, 5.41) is 13.6. The second-order valence-corrected chi connectivity index (χ2v) is 8.35. The largest absolute Gasteiger partial charge is 0.478 e. The van der Waals surface area contributed by atoms with Crippen molar-refractivity contribution in [3.05, 3.63) is 54.0 Å². The van der Waals surface area contributed by atoms with Gasteiger partial charge in [-0.15, -0.1) is 0 Å². The zero-order valence-electron chi connectivity index (χ0n) is 17.1. The van der Waals surface area contributed by atoms with Crippen molar-refractivity contribution in [1.82, 2.24) is 20.3 Å². The number of Topliss-reactive ketones (excluding diaryl/α,β-unsaturated/α-hetero) is 1. The van der Waals surface area contributed by atoms with Gasteiger partial charge in [-0.3, -0.25) is 10.1 Å². The van der Waals surface area contributed by atoms with Crippen molar-refractivity contribution in [2.45, 2.75) is 31.8 Å². The first kappa shape index (κ1) is 19.7. The Balaban J connectivity index is 1.27. The number of aromatic carboxylic acids is 1. The van der Waals surface area contributed by atoms with Gasteiger partial charge in [0.15, 0.2) is 0 Å². The second kappa shape index (κ2) is 8.11. The smallest absolute Gasteiger partial charge is 0.335 e. The number of carboxylic acid groups (broad SMARTS) is 1. The van der Waals surface area contributed by atoms with Gasteiger partial charge in [-0.1, -0.05) is 12.1 Å². The summed E-state index contributed by atoms with van der Waals surface area (Å²) < 4.78 is 0. The number of H-pyrrole nitrogens is 1. The average molecular weight is 419 g/mol. The molecule has 0 spiro atoms. The van der Waals surface area contributed by atoms with E-state index in [0.29, 0.717) is 18.6 Å². The molecule has 2 aliphatic rings. The molecule has 1 aromatic carbocycles. The number of fused-ring (bicyclic) bond motifs is 2. The van der Waals surface area contributed by atoms with Crippen molar-refractivity contribution < 1.29 is 14.7 Å². The molecule has 31 heavy (non-hydrogen) atoms. The number of carboxylic acids is 1. The van der Waals surface area contributed by atoms with Gasteiger partial charge in [0.1, 0.15) is 23.6 Å². The SMILES string of the molecule is O=C(O)c1ccc(CCC(=O)C2CCN[C@H]3[C@@H]2CCN3c2ncnc3[nH]ccc23)cc1. The fourth-order valence-electron chi connectivity index (χ4n) is 5.09. The van der Waals surface area contributed by atoms with Crippen molar-refractivity contribution in [2.75, 3.05) is 18.0 Å². The molecule has 0 amide bonds. The van der Waals surface area contributed by atoms with Crippen LogP contribution in [-0.4, -0.2) is 51.1 Å². The van der Waals surface area contributed by atoms with Crippen molar-refractivity contribution in [2.24, 2.45) is 11.8 Å². The number of aryl methyl sites for hydroxylation is 1. The van der Waals surface area contributed by atoms with Crippen LogP contribution in [0.4, 0.5) is 5.82 Å². The molecule has 5 rings (SSSR count). The van der Waals surface area contributed by atoms with Gasteiger partial charge in [-0.05, 0) is 49.6 Å². The summed E-state index contributed by atoms with van der Waals surface area (Å²) in [6.07, 6.45) is 6.50. The van der Waals surface area contributed by atoms with E-state index in [2.05, 4.69) is 25.2 Å². The third-order valence-electron chi connectivity index (χ3n) is 6.65. The maximum atomic E-state index is 13.1. The van der Waals surface area contributed by atoms with E-state index >= 15 is 0 Å². The highest BCUT2D eigenvalue weighted by Gasteiger charge is 2.44. The maximum Gasteiger partial charge on any atom is 0.335 e. The van der Waals surface area contributed by atoms with Crippen molar-refractivity contribution in [3.63, 3.8) is 0 Å². The number of aromatic amines is 1. The monoisotopic (exact) mass is 419 g/mol. The molecule has 8 nitrogen and oxygen atoms in total. The van der Waals surface area contributed by atoms with E-state index in [4.69, 9.17) is 5.11 Å². The Morgan fingerprint density at radius 2 is 1.97 bits per heavy atom. The fraction of sp³-hybridized carbons (Fsp3) is 0.391. The lowest BCUT2D eigenvalue weighted by atomic mass is 9.79. The molecular weight excluding hydrogens is 394 g/mol. The lowest BCUT2D eigenvalue weighted by molar-refractivity contribution is -0.125. The van der Waals surface area contributed by atoms with Gasteiger partial charge in [0.2, 0.25) is 0 Å². The van der Waals surface area contributed by atoms with E-state index < -0.39 is 5.97 Å². The number of rotatable bonds is 6. The highest BCUT2D eigenvalue weighted by Crippen LogP contribution is 2.38. The molecule has 0 bridgehead atoms. The number of carbonyl (C=O) groups is 2. The fourth-order valence-corrected chi connectivity index (χ4v) is 5.09. The number of nitrogens with zero attached hydrogens (tertiary/aromatic N) is 3. The zero-order valence-corrected chi connectivity index (χ0v) is 17.1. The summed E-state index contributed by atoms with van der Waals surface area (Å²) in [5.74, 6) is 0.584. The van der Waals surface area contributed by atoms with Gasteiger partial charge in [0.05, 0.1) is 17.1 Å². The third-order valence-corrected chi connectivity index (χ3v) is 6.65. The second-order valence-electron chi connectivity index (χ2n) is 8.35. The molecule has 8 heteroatoms. The minimum absolute atomic E-state index is 0.0399. The average Bonchev–Trinajstić information content (AvgIpc) is 3.44. The minimum Gasteiger partial charge on any atom is -0.478 e. The van der Waals surface area contributed by atoms with E-state index in [0.717, 1.165) is 48.3 Å². The van der Waals surface area contributed by atoms with E-state index in [1.165, 1.54) is 0 Å². The van der Waals surface area contributed by atoms with Crippen LogP contribution in [0.25, 0.3) is 11.0 Å². The first-order valence-corrected chi connectivity index (χ1v) is 10.7. The molecule has 3 N–H and O–H groups in total. The zero-order chi connectivity index (χ0) is 21.4. The molecule has 2 aliphatic heterocycles. The number of anilines is 1. The molecule has 1 unspecified atom stereocenters. The number of nitrogens with one attached hydrogen (secondary N) is 2. The van der Waals surface area contributed by atoms with Gasteiger partial charge in [0.25, 0.3) is 0 Å². The number of hydrogen-bond acceptors (Lipinski definition) is 6. The highest BCUT2D eigenvalue weighted by molar-refractivity contribution is 5.88. The molecule has 0 radical (unpaired) electrons. The molecule has 0 aliphatic carbocycles. The number of aromatic nitrogens is 3. The number of benzene rings is 1. The molecule has 160 valence electrons. The van der Waals surface area contributed by atoms with E-state index in [9.17, 15) is 9.59 Å². The van der Waals surface area contributed by atoms with Crippen LogP contribution in [-0.2, 0) is 11.2 Å². The van der Waals surface area contributed by atoms with Crippen LogP contribution in [0.1, 0.15) is 35.2 Å². The van der Waals surface area contributed by atoms with E-state index in [1.807, 2.05) is 12.3 Å². The molecule has 2 aromatic heterocycles. The first-order chi connectivity index (χ1) is 15.1. The first-order valence-electron chi connectivity index (χ1n) is 10.7. The third kappa shape index (κ3) is 3.67. The van der Waals surface area contributed by atoms with Crippen LogP contribution >= 0.6 is 0 Å². The lowest BCUT2D eigenvalue weighted by Gasteiger charge is -2.37. The van der Waals surface area contributed by atoms with Crippen LogP contribution < -0.4 is 10.2 Å². The molecule has 4 heterocycles. The van der Waals surface area contributed by atoms with Crippen molar-refractivity contribution in [1.29, 1.82) is 0 Å². The van der Waals surface area contributed by atoms with Gasteiger partial charge in [0, 0.05) is 31.0 Å². The summed E-state index contributed by atoms with van der Waals surface area (Å²) in [6, 6.07) is 8.80. The Hall–Kier alpha value is -3.26. The molecule has 3 aromatic rings. The van der Waals surface area contributed by atoms with Gasteiger partial charge in [-0.2, -0.15) is 0 Å². The Kier molecular flexibility index (Phi) is 5.15. The number of carbonyl (C=O) groups excluding carboxylic acids is 1. The predicted octanol–water partition coefficient (Wildman–Crippen LogP) is 2.62. The predicted molar refractivity (Wildman–Crippen MR) is 116 cm³/mol. The number of piperidine rings is 1. The van der Waals surface area contributed by atoms with Crippen LogP contribution in [0.2, 0.25) is 0 Å². The Bertz CT molecular complexity index is 1110. The molecule has 3 atom stereocenters. The summed E-state index contributed by atoms with van der Waals surface area (Å²) in [7, 11) is 0. The summed E-state index contributed by atoms with van der Waals surface area (Å²) >= 11 is 0. The highest BCUT2D eigenvalue weighted by atomic mass is 16.4. The molecule has 2 fully saturated rings. The number of hydrogen-bond donors (Lipinski definition) is 3. The van der Waals surface area contributed by atoms with Crippen molar-refractivity contribution >= 4 is 28.6 Å². The van der Waals surface area contributed by atoms with E-state index in [1.54, 1.807) is 30.6 Å². The maximum absolute atomic E-state index is 13.1. The molecule has 2 saturated heterocycles. The summed E-state index contributed by atoms with van der Waals surface area (Å²) in [6.45, 7) is 1.67. The standard InChI is InChI=1S/C23H25N5O3/c29-19(6-3-14-1-4-15(5-2-14)23(30)31)16-7-11-25-21-17(16)9-12-28(21)22-18-8-10-24-20(18)26-13-27-22/h1-2,4-5,8,10,13,16-17,21,25H,3,6-7,9,11-12H2,(H,30,31)(H,24,26,27)/t16?,17-,21-/m1/s1. The normalized spacial score (nSPS) is 23.1. The van der Waals surface area contributed by atoms with Crippen LogP contribution in [0.3, 0.4) is 0 Å². The Morgan fingerprint density at radius 3 is 2.77 bits per heavy atom. The minimum atomic E-state index is -0.935. The van der Waals surface area contributed by atoms with Crippen LogP contribution in [0, 0.1) is 11.8 Å². The van der Waals surface area contributed by atoms with Gasteiger partial charge >= 0.3 is 5.97 Å². The van der Waals surface area contributed by atoms with Crippen LogP contribution in [0.5, 0.6) is 0 Å². The summed E-state index contributed by atoms with van der Waals surface area (Å²) in [4.78, 5) is 38.4. The molecular formula is C23H25N5O3. The lowest BCUT2D eigenvalue weighted by Crippen LogP contribution is -2.52. The van der Waals surface area contributed by atoms with Crippen molar-refractivity contribution in [3.8, 4) is 0 Å². The molecule has 0 saturated carbocycles. The summed E-state index contributed by atoms with van der Waals surface area (Å²) in [5.41, 5.74) is 2.09. The van der Waals surface area contributed by atoms with Gasteiger partial charge in [-0.25, -0.2) is 14.8 Å². The van der Waals surface area contributed by atoms with Gasteiger partial charge < -0.3 is 15.0 Å². The number of ketones is 1. The van der Waals surface area contributed by atoms with Crippen LogP contribution in [0.15, 0.2) is 42.9 Å².